The molecular formula is C9H7Cl2N3O3. The number of methoxy groups -OCH3 is 1. The molecule has 1 aliphatic heterocycles. The molecule has 0 fully saturated rings. The van der Waals surface area contributed by atoms with Gasteiger partial charge in [0.15, 0.2) is 17.2 Å². The molecule has 1 heterocycles. The summed E-state index contributed by atoms with van der Waals surface area (Å²) in [4.78, 5) is 11.5. The molecule has 1 amide bonds. The van der Waals surface area contributed by atoms with E-state index in [1.54, 1.807) is 0 Å². The smallest absolute Gasteiger partial charge is 0.276 e. The number of halogens is 2. The van der Waals surface area contributed by atoms with Gasteiger partial charge in [0, 0.05) is 0 Å². The van der Waals surface area contributed by atoms with E-state index in [1.165, 1.54) is 7.11 Å². The number of aromatic hydroxyl groups is 1. The van der Waals surface area contributed by atoms with E-state index in [0.717, 1.165) is 0 Å². The number of anilines is 1. The molecule has 90 valence electrons. The topological polar surface area (TPSA) is 96.9 Å². The molecule has 4 N–H and O–H groups in total. The number of carbonyl (C=O) groups is 1. The van der Waals surface area contributed by atoms with E-state index in [4.69, 9.17) is 33.8 Å². The third-order valence-corrected chi connectivity index (χ3v) is 3.17. The molecule has 0 saturated carbocycles. The molecule has 1 aromatic carbocycles. The number of phenolic OH excluding ortho intramolecular Hbond substituents is 1. The van der Waals surface area contributed by atoms with Crippen molar-refractivity contribution < 1.29 is 14.6 Å². The molecule has 2 rings (SSSR count). The van der Waals surface area contributed by atoms with Gasteiger partial charge in [-0.25, -0.2) is 0 Å². The molecule has 17 heavy (non-hydrogen) atoms. The Morgan fingerprint density at radius 1 is 1.41 bits per heavy atom. The summed E-state index contributed by atoms with van der Waals surface area (Å²) < 4.78 is 4.91. The van der Waals surface area contributed by atoms with E-state index in [-0.39, 0.29) is 38.5 Å². The van der Waals surface area contributed by atoms with Crippen molar-refractivity contribution in [2.24, 2.45) is 10.9 Å². The van der Waals surface area contributed by atoms with Gasteiger partial charge in [-0.1, -0.05) is 23.2 Å². The molecular weight excluding hydrogens is 269 g/mol. The minimum Gasteiger partial charge on any atom is -0.504 e. The SMILES string of the molecule is COc1c(O)c2c(c(Cl)c1Cl)NC(=O)/C2=N\N. The Morgan fingerprint density at radius 3 is 2.59 bits per heavy atom. The molecule has 0 spiro atoms. The molecule has 0 aromatic heterocycles. The zero-order chi connectivity index (χ0) is 12.7. The summed E-state index contributed by atoms with van der Waals surface area (Å²) in [6, 6.07) is 0. The lowest BCUT2D eigenvalue weighted by atomic mass is 10.1. The maximum absolute atomic E-state index is 11.5. The number of amides is 1. The zero-order valence-electron chi connectivity index (χ0n) is 8.54. The molecule has 0 saturated heterocycles. The van der Waals surface area contributed by atoms with Crippen molar-refractivity contribution in [3.05, 3.63) is 15.6 Å². The summed E-state index contributed by atoms with van der Waals surface area (Å²) in [5, 5.41) is 15.7. The number of fused-ring (bicyclic) bond motifs is 1. The Hall–Kier alpha value is -1.66. The summed E-state index contributed by atoms with van der Waals surface area (Å²) in [5.74, 6) is 4.15. The normalized spacial score (nSPS) is 15.9. The lowest BCUT2D eigenvalue weighted by molar-refractivity contribution is -0.110. The maximum atomic E-state index is 11.5. The maximum Gasteiger partial charge on any atom is 0.276 e. The van der Waals surface area contributed by atoms with Gasteiger partial charge in [0.2, 0.25) is 0 Å². The van der Waals surface area contributed by atoms with Gasteiger partial charge in [-0.2, -0.15) is 5.10 Å². The Bertz CT molecular complexity index is 557. The molecule has 0 atom stereocenters. The van der Waals surface area contributed by atoms with E-state index in [9.17, 15) is 9.90 Å². The summed E-state index contributed by atoms with van der Waals surface area (Å²) in [6.45, 7) is 0. The number of hydrazone groups is 1. The second-order valence-corrected chi connectivity index (χ2v) is 3.95. The number of ether oxygens (including phenoxy) is 1. The fraction of sp³-hybridized carbons (Fsp3) is 0.111. The van der Waals surface area contributed by atoms with E-state index >= 15 is 0 Å². The Balaban J connectivity index is 2.85. The lowest BCUT2D eigenvalue weighted by Crippen LogP contribution is -2.15. The fourth-order valence-corrected chi connectivity index (χ4v) is 2.09. The Morgan fingerprint density at radius 2 is 2.06 bits per heavy atom. The molecule has 8 heteroatoms. The number of phenols is 1. The van der Waals surface area contributed by atoms with Crippen LogP contribution in [0.15, 0.2) is 5.10 Å². The Labute approximate surface area is 106 Å². The highest BCUT2D eigenvalue weighted by molar-refractivity contribution is 6.57. The van der Waals surface area contributed by atoms with Crippen molar-refractivity contribution in [1.82, 2.24) is 0 Å². The summed E-state index contributed by atoms with van der Waals surface area (Å²) >= 11 is 11.8. The van der Waals surface area contributed by atoms with Crippen LogP contribution in [0.1, 0.15) is 5.56 Å². The second-order valence-electron chi connectivity index (χ2n) is 3.19. The second kappa shape index (κ2) is 3.97. The van der Waals surface area contributed by atoms with Crippen LogP contribution in [0.4, 0.5) is 5.69 Å². The van der Waals surface area contributed by atoms with Crippen molar-refractivity contribution in [2.75, 3.05) is 12.4 Å². The van der Waals surface area contributed by atoms with Crippen molar-refractivity contribution in [1.29, 1.82) is 0 Å². The van der Waals surface area contributed by atoms with Gasteiger partial charge >= 0.3 is 0 Å². The molecule has 0 bridgehead atoms. The van der Waals surface area contributed by atoms with Crippen LogP contribution in [0.5, 0.6) is 11.5 Å². The molecule has 1 aliphatic rings. The van der Waals surface area contributed by atoms with Gasteiger partial charge in [0.05, 0.1) is 23.4 Å². The van der Waals surface area contributed by atoms with Gasteiger partial charge in [0.1, 0.15) is 5.02 Å². The highest BCUT2D eigenvalue weighted by Gasteiger charge is 2.35. The van der Waals surface area contributed by atoms with Crippen LogP contribution in [0, 0.1) is 0 Å². The average Bonchev–Trinajstić information content (AvgIpc) is 2.64. The van der Waals surface area contributed by atoms with E-state index in [1.807, 2.05) is 0 Å². The van der Waals surface area contributed by atoms with Crippen LogP contribution in [0.2, 0.25) is 10.0 Å². The summed E-state index contributed by atoms with van der Waals surface area (Å²) in [5.41, 5.74) is 0.127. The fourth-order valence-electron chi connectivity index (χ4n) is 1.60. The van der Waals surface area contributed by atoms with Gasteiger partial charge < -0.3 is 21.0 Å². The van der Waals surface area contributed by atoms with Gasteiger partial charge in [-0.15, -0.1) is 0 Å². The first kappa shape index (κ1) is 11.8. The first-order chi connectivity index (χ1) is 8.02. The number of hydrogen-bond donors (Lipinski definition) is 3. The van der Waals surface area contributed by atoms with Crippen LogP contribution < -0.4 is 15.9 Å². The van der Waals surface area contributed by atoms with Crippen LogP contribution in [-0.2, 0) is 4.79 Å². The molecule has 6 nitrogen and oxygen atoms in total. The van der Waals surface area contributed by atoms with Crippen molar-refractivity contribution >= 4 is 40.5 Å². The summed E-state index contributed by atoms with van der Waals surface area (Å²) in [6.07, 6.45) is 0. The predicted molar refractivity (Wildman–Crippen MR) is 64.0 cm³/mol. The monoisotopic (exact) mass is 275 g/mol. The van der Waals surface area contributed by atoms with Gasteiger partial charge in [-0.05, 0) is 0 Å². The number of carbonyl (C=O) groups excluding carboxylic acids is 1. The Kier molecular flexibility index (Phi) is 2.76. The molecule has 1 aromatic rings. The van der Waals surface area contributed by atoms with Crippen molar-refractivity contribution in [2.45, 2.75) is 0 Å². The molecule has 0 aliphatic carbocycles. The molecule has 0 unspecified atom stereocenters. The average molecular weight is 276 g/mol. The highest BCUT2D eigenvalue weighted by atomic mass is 35.5. The number of nitrogens with two attached hydrogens (primary N) is 1. The number of nitrogens with zero attached hydrogens (tertiary/aromatic N) is 1. The minimum atomic E-state index is -0.566. The number of benzene rings is 1. The van der Waals surface area contributed by atoms with Crippen LogP contribution in [0.25, 0.3) is 0 Å². The zero-order valence-corrected chi connectivity index (χ0v) is 10.1. The first-order valence-electron chi connectivity index (χ1n) is 4.40. The minimum absolute atomic E-state index is 0.00369. The summed E-state index contributed by atoms with van der Waals surface area (Å²) in [7, 11) is 1.31. The third-order valence-electron chi connectivity index (χ3n) is 2.34. The van der Waals surface area contributed by atoms with Crippen LogP contribution in [0.3, 0.4) is 0 Å². The highest BCUT2D eigenvalue weighted by Crippen LogP contribution is 2.49. The largest absolute Gasteiger partial charge is 0.504 e. The standard InChI is InChI=1S/C9H7Cl2N3O3/c1-17-8-4(11)3(10)5-2(7(8)15)6(14-12)9(16)13-5/h15H,12H2,1H3,(H,13,14,16). The van der Waals surface area contributed by atoms with Crippen molar-refractivity contribution in [3.63, 3.8) is 0 Å². The van der Waals surface area contributed by atoms with Crippen LogP contribution in [-0.4, -0.2) is 23.8 Å². The number of hydrogen-bond acceptors (Lipinski definition) is 5. The number of nitrogens with one attached hydrogen (secondary N) is 1. The first-order valence-corrected chi connectivity index (χ1v) is 5.16. The number of rotatable bonds is 1. The van der Waals surface area contributed by atoms with Gasteiger partial charge in [-0.3, -0.25) is 4.79 Å². The van der Waals surface area contributed by atoms with Crippen LogP contribution >= 0.6 is 23.2 Å². The van der Waals surface area contributed by atoms with E-state index < -0.39 is 5.91 Å². The van der Waals surface area contributed by atoms with Gasteiger partial charge in [0.25, 0.3) is 5.91 Å². The lowest BCUT2D eigenvalue weighted by Gasteiger charge is -2.11. The van der Waals surface area contributed by atoms with E-state index in [0.29, 0.717) is 0 Å². The van der Waals surface area contributed by atoms with E-state index in [2.05, 4.69) is 10.4 Å². The van der Waals surface area contributed by atoms with Crippen molar-refractivity contribution in [3.8, 4) is 11.5 Å². The third kappa shape index (κ3) is 1.49. The molecule has 0 radical (unpaired) electrons. The quantitative estimate of drug-likeness (QED) is 0.532. The predicted octanol–water partition coefficient (Wildman–Crippen LogP) is 1.32.